The van der Waals surface area contributed by atoms with Crippen molar-refractivity contribution in [2.24, 2.45) is 5.41 Å². The molecule has 4 nitrogen and oxygen atoms in total. The fourth-order valence-corrected chi connectivity index (χ4v) is 9.35. The van der Waals surface area contributed by atoms with E-state index in [2.05, 4.69) is 10.9 Å². The zero-order valence-corrected chi connectivity index (χ0v) is 37.6. The van der Waals surface area contributed by atoms with Gasteiger partial charge < -0.3 is 9.80 Å². The summed E-state index contributed by atoms with van der Waals surface area (Å²) in [7, 11) is 0. The Morgan fingerprint density at radius 2 is 0.638 bits per heavy atom. The highest BCUT2D eigenvalue weighted by Crippen LogP contribution is 2.72. The standard InChI is InChI=1S/C61H42F4N4/c1-59(2)60(62,63)54-55(61(59,64)65)58(69(51-36-28-47(29-37-51)43-20-12-6-13-21-43)52-38-30-48(31-39-52)44-22-14-7-15-23-44)56(67-3)53(40-66)57(54)68(49-32-24-45(25-33-49)41-16-8-4-9-17-41)50-34-26-46(27-35-50)42-18-10-5-11-19-42/h4-39H,1-2H3. The molecule has 0 N–H and O–H groups in total. The van der Waals surface area contributed by atoms with Crippen LogP contribution >= 0.6 is 0 Å². The number of alkyl halides is 4. The molecule has 0 heterocycles. The predicted molar refractivity (Wildman–Crippen MR) is 270 cm³/mol. The number of anilines is 6. The van der Waals surface area contributed by atoms with E-state index in [9.17, 15) is 5.26 Å². The van der Waals surface area contributed by atoms with Crippen molar-refractivity contribution in [2.75, 3.05) is 9.80 Å². The van der Waals surface area contributed by atoms with Crippen LogP contribution in [-0.2, 0) is 11.8 Å². The number of benzene rings is 9. The van der Waals surface area contributed by atoms with E-state index in [1.54, 1.807) is 48.5 Å². The van der Waals surface area contributed by atoms with E-state index >= 15 is 17.6 Å². The van der Waals surface area contributed by atoms with Crippen molar-refractivity contribution in [3.8, 4) is 50.6 Å². The van der Waals surface area contributed by atoms with Crippen LogP contribution in [0.2, 0.25) is 0 Å². The summed E-state index contributed by atoms with van der Waals surface area (Å²) < 4.78 is 72.0. The van der Waals surface area contributed by atoms with Crippen LogP contribution in [-0.4, -0.2) is 0 Å². The summed E-state index contributed by atoms with van der Waals surface area (Å²) >= 11 is 0. The van der Waals surface area contributed by atoms with E-state index in [0.29, 0.717) is 22.7 Å². The molecule has 0 saturated heterocycles. The minimum atomic E-state index is -4.26. The van der Waals surface area contributed by atoms with E-state index < -0.39 is 51.0 Å². The van der Waals surface area contributed by atoms with Gasteiger partial charge in [-0.25, -0.2) is 22.4 Å². The van der Waals surface area contributed by atoms with Crippen LogP contribution in [0.25, 0.3) is 49.4 Å². The monoisotopic (exact) mass is 906 g/mol. The maximum atomic E-state index is 18.0. The van der Waals surface area contributed by atoms with Crippen LogP contribution < -0.4 is 9.80 Å². The van der Waals surface area contributed by atoms with Crippen LogP contribution in [0.4, 0.5) is 57.4 Å². The quantitative estimate of drug-likeness (QED) is 0.101. The molecule has 1 aliphatic carbocycles. The largest absolute Gasteiger partial charge is 0.320 e. The number of halogens is 4. The Morgan fingerprint density at radius 1 is 0.391 bits per heavy atom. The van der Waals surface area contributed by atoms with Gasteiger partial charge in [-0.3, -0.25) is 0 Å². The highest BCUT2D eigenvalue weighted by Gasteiger charge is 2.73. The van der Waals surface area contributed by atoms with Crippen LogP contribution in [0, 0.1) is 23.3 Å². The third-order valence-electron chi connectivity index (χ3n) is 13.2. The van der Waals surface area contributed by atoms with Gasteiger partial charge in [-0.2, -0.15) is 5.26 Å². The topological polar surface area (TPSA) is 34.6 Å². The number of nitriles is 1. The van der Waals surface area contributed by atoms with Crippen molar-refractivity contribution in [1.82, 2.24) is 0 Å². The first-order valence-corrected chi connectivity index (χ1v) is 22.4. The van der Waals surface area contributed by atoms with Gasteiger partial charge in [0.05, 0.1) is 35.1 Å². The van der Waals surface area contributed by atoms with Gasteiger partial charge in [0.15, 0.2) is 0 Å². The molecule has 0 fully saturated rings. The third-order valence-corrected chi connectivity index (χ3v) is 13.2. The molecule has 0 saturated carbocycles. The highest BCUT2D eigenvalue weighted by atomic mass is 19.3. The molecule has 0 bridgehead atoms. The Hall–Kier alpha value is -8.72. The first kappa shape index (κ1) is 44.1. The number of hydrogen-bond acceptors (Lipinski definition) is 3. The minimum Gasteiger partial charge on any atom is -0.320 e. The fraction of sp³-hybridized carbons (Fsp3) is 0.0820. The molecule has 0 aromatic heterocycles. The number of rotatable bonds is 10. The normalized spacial score (nSPS) is 14.0. The van der Waals surface area contributed by atoms with E-state index in [1.165, 1.54) is 9.80 Å². The number of hydrogen-bond donors (Lipinski definition) is 0. The first-order chi connectivity index (χ1) is 33.4. The smallest absolute Gasteiger partial charge is 0.286 e. The van der Waals surface area contributed by atoms with E-state index in [0.717, 1.165) is 58.4 Å². The Morgan fingerprint density at radius 3 is 0.899 bits per heavy atom. The van der Waals surface area contributed by atoms with Gasteiger partial charge in [0.1, 0.15) is 5.41 Å². The summed E-state index contributed by atoms with van der Waals surface area (Å²) in [6, 6.07) is 68.9. The summed E-state index contributed by atoms with van der Waals surface area (Å²) in [5.74, 6) is -8.51. The molecule has 0 unspecified atom stereocenters. The molecule has 69 heavy (non-hydrogen) atoms. The van der Waals surface area contributed by atoms with E-state index in [-0.39, 0.29) is 0 Å². The van der Waals surface area contributed by atoms with E-state index in [4.69, 9.17) is 6.57 Å². The number of fused-ring (bicyclic) bond motifs is 1. The molecule has 0 radical (unpaired) electrons. The van der Waals surface area contributed by atoms with Gasteiger partial charge in [-0.05, 0) is 107 Å². The molecular weight excluding hydrogens is 865 g/mol. The lowest BCUT2D eigenvalue weighted by Gasteiger charge is -2.35. The van der Waals surface area contributed by atoms with Gasteiger partial charge in [-0.15, -0.1) is 0 Å². The Bertz CT molecular complexity index is 2990. The molecule has 10 rings (SSSR count). The Balaban J connectivity index is 1.27. The minimum absolute atomic E-state index is 0.318. The second-order valence-corrected chi connectivity index (χ2v) is 17.5. The summed E-state index contributed by atoms with van der Waals surface area (Å²) in [6.45, 7) is 10.5. The summed E-state index contributed by atoms with van der Waals surface area (Å²) in [5, 5.41) is 11.4. The van der Waals surface area contributed by atoms with Gasteiger partial charge in [0.25, 0.3) is 11.8 Å². The lowest BCUT2D eigenvalue weighted by atomic mass is 9.83. The molecule has 9 aromatic rings. The first-order valence-electron chi connectivity index (χ1n) is 22.4. The third kappa shape index (κ3) is 7.48. The Labute approximate surface area is 399 Å². The van der Waals surface area contributed by atoms with Crippen molar-refractivity contribution in [2.45, 2.75) is 25.7 Å². The molecule has 334 valence electrons. The fourth-order valence-electron chi connectivity index (χ4n) is 9.35. The van der Waals surface area contributed by atoms with Crippen molar-refractivity contribution in [1.29, 1.82) is 5.26 Å². The number of nitrogens with zero attached hydrogens (tertiary/aromatic N) is 4. The van der Waals surface area contributed by atoms with Gasteiger partial charge >= 0.3 is 0 Å². The van der Waals surface area contributed by atoms with Crippen molar-refractivity contribution < 1.29 is 17.6 Å². The molecule has 9 aromatic carbocycles. The van der Waals surface area contributed by atoms with Crippen molar-refractivity contribution in [3.05, 3.63) is 246 Å². The summed E-state index contributed by atoms with van der Waals surface area (Å²) in [4.78, 5) is 6.76. The maximum Gasteiger partial charge on any atom is 0.286 e. The van der Waals surface area contributed by atoms with Gasteiger partial charge in [-0.1, -0.05) is 170 Å². The lowest BCUT2D eigenvalue weighted by molar-refractivity contribution is -0.212. The molecule has 0 amide bonds. The van der Waals surface area contributed by atoms with Crippen LogP contribution in [0.1, 0.15) is 30.5 Å². The van der Waals surface area contributed by atoms with Crippen molar-refractivity contribution >= 4 is 39.8 Å². The van der Waals surface area contributed by atoms with Gasteiger partial charge in [0, 0.05) is 28.3 Å². The average molecular weight is 907 g/mol. The lowest BCUT2D eigenvalue weighted by Crippen LogP contribution is -2.39. The predicted octanol–water partition coefficient (Wildman–Crippen LogP) is 17.9. The zero-order chi connectivity index (χ0) is 47.9. The van der Waals surface area contributed by atoms with Crippen LogP contribution in [0.3, 0.4) is 0 Å². The molecular formula is C61H42F4N4. The van der Waals surface area contributed by atoms with Crippen molar-refractivity contribution in [3.63, 3.8) is 0 Å². The molecule has 0 atom stereocenters. The second kappa shape index (κ2) is 17.5. The van der Waals surface area contributed by atoms with Crippen LogP contribution in [0.5, 0.6) is 0 Å². The molecule has 0 aliphatic heterocycles. The molecule has 0 spiro atoms. The molecule has 1 aliphatic rings. The Kier molecular flexibility index (Phi) is 11.2. The van der Waals surface area contributed by atoms with E-state index in [1.807, 2.05) is 170 Å². The SMILES string of the molecule is [C-]#[N+]c1c(C#N)c(N(c2ccc(-c3ccccc3)cc2)c2ccc(-c3ccccc3)cc2)c2c(c1N(c1ccc(-c3ccccc3)cc1)c1ccc(-c3ccccc3)cc1)C(F)(F)C(C)(C)C2(F)F. The zero-order valence-electron chi connectivity index (χ0n) is 37.6. The van der Waals surface area contributed by atoms with Gasteiger partial charge in [0.2, 0.25) is 5.69 Å². The highest BCUT2D eigenvalue weighted by molar-refractivity contribution is 6.00. The summed E-state index contributed by atoms with van der Waals surface area (Å²) in [5.41, 5.74) is 1.17. The second-order valence-electron chi connectivity index (χ2n) is 17.5. The molecule has 8 heteroatoms. The average Bonchev–Trinajstić information content (AvgIpc) is 3.51. The summed E-state index contributed by atoms with van der Waals surface area (Å²) in [6.07, 6.45) is 0. The maximum absolute atomic E-state index is 18.0. The van der Waals surface area contributed by atoms with Crippen LogP contribution in [0.15, 0.2) is 218 Å².